The van der Waals surface area contributed by atoms with Crippen LogP contribution in [0.2, 0.25) is 0 Å². The van der Waals surface area contributed by atoms with E-state index in [1.807, 2.05) is 11.9 Å². The van der Waals surface area contributed by atoms with E-state index in [4.69, 9.17) is 0 Å². The Balaban J connectivity index is 1.73. The van der Waals surface area contributed by atoms with E-state index in [0.29, 0.717) is 35.0 Å². The van der Waals surface area contributed by atoms with Crippen LogP contribution < -0.4 is 0 Å². The molecule has 1 aromatic carbocycles. The van der Waals surface area contributed by atoms with E-state index in [1.165, 1.54) is 37.1 Å². The molecule has 0 N–H and O–H groups in total. The molecule has 7 heteroatoms. The van der Waals surface area contributed by atoms with Crippen LogP contribution in [-0.2, 0) is 11.3 Å². The van der Waals surface area contributed by atoms with Gasteiger partial charge in [0.1, 0.15) is 5.82 Å². The lowest BCUT2D eigenvalue weighted by Crippen LogP contribution is -2.43. The number of aromatic nitrogens is 3. The normalized spacial score (nSPS) is 19.4. The van der Waals surface area contributed by atoms with Crippen molar-refractivity contribution >= 4 is 17.7 Å². The highest BCUT2D eigenvalue weighted by molar-refractivity contribution is 7.99. The van der Waals surface area contributed by atoms with E-state index in [2.05, 4.69) is 23.7 Å². The molecule has 2 atom stereocenters. The molecule has 150 valence electrons. The maximum Gasteiger partial charge on any atom is 0.233 e. The van der Waals surface area contributed by atoms with Gasteiger partial charge >= 0.3 is 0 Å². The van der Waals surface area contributed by atoms with Gasteiger partial charge in [-0.25, -0.2) is 4.39 Å². The summed E-state index contributed by atoms with van der Waals surface area (Å²) in [5, 5.41) is 8.97. The Morgan fingerprint density at radius 1 is 1.36 bits per heavy atom. The molecule has 0 radical (unpaired) electrons. The monoisotopic (exact) mass is 402 g/mol. The van der Waals surface area contributed by atoms with Gasteiger partial charge in [0, 0.05) is 19.6 Å². The molecule has 2 unspecified atom stereocenters. The van der Waals surface area contributed by atoms with E-state index >= 15 is 0 Å². The van der Waals surface area contributed by atoms with Crippen LogP contribution in [0.25, 0.3) is 11.4 Å². The van der Waals surface area contributed by atoms with Crippen molar-refractivity contribution in [2.45, 2.75) is 50.4 Å². The van der Waals surface area contributed by atoms with E-state index in [0.717, 1.165) is 6.42 Å². The summed E-state index contributed by atoms with van der Waals surface area (Å²) in [6.45, 7) is 6.44. The second-order valence-electron chi connectivity index (χ2n) is 7.31. The molecule has 1 amide bonds. The second-order valence-corrected chi connectivity index (χ2v) is 8.25. The van der Waals surface area contributed by atoms with Gasteiger partial charge in [-0.15, -0.1) is 16.8 Å². The zero-order valence-electron chi connectivity index (χ0n) is 16.5. The van der Waals surface area contributed by atoms with E-state index in [9.17, 15) is 9.18 Å². The third-order valence-corrected chi connectivity index (χ3v) is 6.38. The number of benzene rings is 1. The first-order valence-corrected chi connectivity index (χ1v) is 10.7. The van der Waals surface area contributed by atoms with E-state index in [-0.39, 0.29) is 17.5 Å². The van der Waals surface area contributed by atoms with Crippen LogP contribution in [0.5, 0.6) is 0 Å². The zero-order chi connectivity index (χ0) is 20.1. The Morgan fingerprint density at radius 3 is 2.82 bits per heavy atom. The van der Waals surface area contributed by atoms with Gasteiger partial charge in [-0.2, -0.15) is 0 Å². The number of carbonyl (C=O) groups is 1. The predicted octanol–water partition coefficient (Wildman–Crippen LogP) is 4.40. The Morgan fingerprint density at radius 2 is 2.11 bits per heavy atom. The highest BCUT2D eigenvalue weighted by Crippen LogP contribution is 2.29. The number of hydrogen-bond donors (Lipinski definition) is 0. The number of halogens is 1. The molecule has 1 heterocycles. The molecule has 1 aliphatic carbocycles. The van der Waals surface area contributed by atoms with Gasteiger partial charge in [0.25, 0.3) is 0 Å². The SMILES string of the molecule is C=CCn1c(SCC(=O)N(C)C2CCCCC2C)nnc1-c1ccccc1F. The van der Waals surface area contributed by atoms with Crippen molar-refractivity contribution in [3.63, 3.8) is 0 Å². The lowest BCUT2D eigenvalue weighted by Gasteiger charge is -2.36. The van der Waals surface area contributed by atoms with E-state index < -0.39 is 0 Å². The minimum Gasteiger partial charge on any atom is -0.342 e. The van der Waals surface area contributed by atoms with Crippen LogP contribution in [0.1, 0.15) is 32.6 Å². The largest absolute Gasteiger partial charge is 0.342 e. The van der Waals surface area contributed by atoms with Gasteiger partial charge in [0.2, 0.25) is 5.91 Å². The summed E-state index contributed by atoms with van der Waals surface area (Å²) in [4.78, 5) is 14.6. The van der Waals surface area contributed by atoms with Crippen molar-refractivity contribution in [2.24, 2.45) is 5.92 Å². The van der Waals surface area contributed by atoms with Crippen molar-refractivity contribution in [3.8, 4) is 11.4 Å². The fraction of sp³-hybridized carbons (Fsp3) is 0.476. The first-order chi connectivity index (χ1) is 13.5. The van der Waals surface area contributed by atoms with Crippen LogP contribution in [0.4, 0.5) is 4.39 Å². The van der Waals surface area contributed by atoms with Gasteiger partial charge in [0.05, 0.1) is 11.3 Å². The minimum atomic E-state index is -0.348. The van der Waals surface area contributed by atoms with Crippen LogP contribution >= 0.6 is 11.8 Å². The summed E-state index contributed by atoms with van der Waals surface area (Å²) in [6, 6.07) is 6.79. The molecule has 5 nitrogen and oxygen atoms in total. The number of rotatable bonds is 7. The molecule has 3 rings (SSSR count). The smallest absolute Gasteiger partial charge is 0.233 e. The molecule has 28 heavy (non-hydrogen) atoms. The number of thioether (sulfide) groups is 1. The zero-order valence-corrected chi connectivity index (χ0v) is 17.3. The molecule has 0 bridgehead atoms. The quantitative estimate of drug-likeness (QED) is 0.509. The third-order valence-electron chi connectivity index (χ3n) is 5.43. The van der Waals surface area contributed by atoms with Crippen LogP contribution in [0.3, 0.4) is 0 Å². The highest BCUT2D eigenvalue weighted by atomic mass is 32.2. The van der Waals surface area contributed by atoms with Crippen LogP contribution in [-0.4, -0.2) is 44.4 Å². The Bertz CT molecular complexity index is 838. The predicted molar refractivity (Wildman–Crippen MR) is 111 cm³/mol. The Hall–Kier alpha value is -2.15. The first kappa shape index (κ1) is 20.6. The molecular weight excluding hydrogens is 375 g/mol. The Kier molecular flexibility index (Phi) is 6.88. The minimum absolute atomic E-state index is 0.0874. The lowest BCUT2D eigenvalue weighted by molar-refractivity contribution is -0.130. The number of hydrogen-bond acceptors (Lipinski definition) is 4. The van der Waals surface area contributed by atoms with Gasteiger partial charge in [-0.1, -0.05) is 49.7 Å². The molecule has 0 spiro atoms. The first-order valence-electron chi connectivity index (χ1n) is 9.70. The van der Waals surface area contributed by atoms with E-state index in [1.54, 1.807) is 28.8 Å². The van der Waals surface area contributed by atoms with Gasteiger partial charge in [-0.05, 0) is 30.9 Å². The van der Waals surface area contributed by atoms with Crippen molar-refractivity contribution < 1.29 is 9.18 Å². The maximum absolute atomic E-state index is 14.2. The summed E-state index contributed by atoms with van der Waals surface area (Å²) in [5.41, 5.74) is 0.392. The molecule has 1 saturated carbocycles. The van der Waals surface area contributed by atoms with Gasteiger partial charge < -0.3 is 4.90 Å². The summed E-state index contributed by atoms with van der Waals surface area (Å²) >= 11 is 1.34. The summed E-state index contributed by atoms with van der Waals surface area (Å²) in [5.74, 6) is 1.00. The van der Waals surface area contributed by atoms with Crippen LogP contribution in [0, 0.1) is 11.7 Å². The molecular formula is C21H27FN4OS. The van der Waals surface area contributed by atoms with Crippen LogP contribution in [0.15, 0.2) is 42.1 Å². The molecule has 0 saturated heterocycles. The standard InChI is InChI=1S/C21H27FN4OS/c1-4-13-26-20(16-10-6-7-11-17(16)22)23-24-21(26)28-14-19(27)25(3)18-12-8-5-9-15(18)2/h4,6-7,10-11,15,18H,1,5,8-9,12-14H2,2-3H3. The number of amides is 1. The Labute approximate surface area is 170 Å². The number of allylic oxidation sites excluding steroid dienone is 1. The van der Waals surface area contributed by atoms with Crippen molar-refractivity contribution in [1.82, 2.24) is 19.7 Å². The number of carbonyl (C=O) groups excluding carboxylic acids is 1. The third kappa shape index (κ3) is 4.46. The van der Waals surface area contributed by atoms with Gasteiger partial charge in [0.15, 0.2) is 11.0 Å². The topological polar surface area (TPSA) is 51.0 Å². The molecule has 1 aliphatic rings. The van der Waals surface area contributed by atoms with Gasteiger partial charge in [-0.3, -0.25) is 9.36 Å². The lowest BCUT2D eigenvalue weighted by atomic mass is 9.85. The summed E-state index contributed by atoms with van der Waals surface area (Å²) < 4.78 is 16.0. The highest BCUT2D eigenvalue weighted by Gasteiger charge is 2.28. The average Bonchev–Trinajstić information content (AvgIpc) is 3.09. The molecule has 1 fully saturated rings. The molecule has 1 aromatic heterocycles. The summed E-state index contributed by atoms with van der Waals surface area (Å²) in [7, 11) is 1.90. The van der Waals surface area contributed by atoms with Crippen molar-refractivity contribution in [1.29, 1.82) is 0 Å². The number of nitrogens with zero attached hydrogens (tertiary/aromatic N) is 4. The summed E-state index contributed by atoms with van der Waals surface area (Å²) in [6.07, 6.45) is 6.39. The molecule has 0 aliphatic heterocycles. The maximum atomic E-state index is 14.2. The molecule has 2 aromatic rings. The fourth-order valence-electron chi connectivity index (χ4n) is 3.82. The fourth-order valence-corrected chi connectivity index (χ4v) is 4.69. The van der Waals surface area contributed by atoms with Crippen molar-refractivity contribution in [3.05, 3.63) is 42.7 Å². The van der Waals surface area contributed by atoms with Crippen molar-refractivity contribution in [2.75, 3.05) is 12.8 Å². The second kappa shape index (κ2) is 9.37. The average molecular weight is 403 g/mol.